The second kappa shape index (κ2) is 11.1. The molecule has 0 atom stereocenters. The van der Waals surface area contributed by atoms with Gasteiger partial charge in [-0.3, -0.25) is 20.0 Å². The lowest BCUT2D eigenvalue weighted by Crippen LogP contribution is -1.80. The van der Waals surface area contributed by atoms with Gasteiger partial charge in [0.15, 0.2) is 0 Å². The Balaban J connectivity index is 1.35. The van der Waals surface area contributed by atoms with E-state index < -0.39 is 0 Å². The normalized spacial score (nSPS) is 12.1. The Labute approximate surface area is 198 Å². The Morgan fingerprint density at radius 2 is 0.939 bits per heavy atom. The molecule has 0 unspecified atom stereocenters. The second-order valence-corrected chi connectivity index (χ2v) is 8.49. The molecule has 0 fully saturated rings. The largest absolute Gasteiger partial charge is 0.262 e. The summed E-state index contributed by atoms with van der Waals surface area (Å²) in [5.74, 6) is 0. The minimum Gasteiger partial charge on any atom is -0.262 e. The van der Waals surface area contributed by atoms with E-state index in [1.54, 1.807) is 17.6 Å². The van der Waals surface area contributed by atoms with Crippen molar-refractivity contribution >= 4 is 58.9 Å². The predicted octanol–water partition coefficient (Wildman–Crippen LogP) is 8.03. The average Bonchev–Trinajstić information content (AvgIpc) is 3.31. The van der Waals surface area contributed by atoms with Crippen LogP contribution < -0.4 is 0 Å². The van der Waals surface area contributed by atoms with Gasteiger partial charge in [0.05, 0.1) is 22.7 Å². The fraction of sp³-hybridized carbons (Fsp3) is 0.0714. The number of aryl methyl sites for hydroxylation is 1. The van der Waals surface area contributed by atoms with Crippen molar-refractivity contribution < 1.29 is 0 Å². The average molecular weight is 449 g/mol. The molecular weight excluding hydrogens is 424 g/mol. The van der Waals surface area contributed by atoms with Gasteiger partial charge >= 0.3 is 0 Å². The van der Waals surface area contributed by atoms with Crippen molar-refractivity contribution in [3.63, 3.8) is 0 Å². The second-order valence-electron chi connectivity index (χ2n) is 7.35. The molecule has 33 heavy (non-hydrogen) atoms. The molecule has 0 aliphatic carbocycles. The molecular formula is C28H24N4S. The third kappa shape index (κ3) is 6.76. The molecule has 0 N–H and O–H groups in total. The van der Waals surface area contributed by atoms with E-state index in [0.717, 1.165) is 38.1 Å². The van der Waals surface area contributed by atoms with Crippen LogP contribution in [0.4, 0.5) is 22.7 Å². The first-order chi connectivity index (χ1) is 16.2. The van der Waals surface area contributed by atoms with Crippen LogP contribution in [0, 0.1) is 6.92 Å². The van der Waals surface area contributed by atoms with E-state index in [-0.39, 0.29) is 0 Å². The molecule has 0 spiro atoms. The molecule has 0 radical (unpaired) electrons. The lowest BCUT2D eigenvalue weighted by molar-refractivity contribution is 1.45. The lowest BCUT2D eigenvalue weighted by Gasteiger charge is -1.97. The number of benzene rings is 3. The topological polar surface area (TPSA) is 49.4 Å². The van der Waals surface area contributed by atoms with Crippen LogP contribution in [-0.4, -0.2) is 24.9 Å². The highest BCUT2D eigenvalue weighted by molar-refractivity contribution is 7.15. The predicted molar refractivity (Wildman–Crippen MR) is 144 cm³/mol. The van der Waals surface area contributed by atoms with Gasteiger partial charge in [-0.05, 0) is 80.1 Å². The van der Waals surface area contributed by atoms with Gasteiger partial charge in [0.25, 0.3) is 0 Å². The molecule has 0 bridgehead atoms. The van der Waals surface area contributed by atoms with E-state index in [1.807, 2.05) is 80.2 Å². The van der Waals surface area contributed by atoms with E-state index >= 15 is 0 Å². The summed E-state index contributed by atoms with van der Waals surface area (Å²) in [4.78, 5) is 20.0. The molecule has 1 heterocycles. The Morgan fingerprint density at radius 1 is 0.515 bits per heavy atom. The number of thiophene rings is 1. The first-order valence-electron chi connectivity index (χ1n) is 10.7. The highest BCUT2D eigenvalue weighted by Crippen LogP contribution is 2.21. The number of aliphatic imine (C=N–C) groups is 4. The maximum atomic E-state index is 4.58. The van der Waals surface area contributed by atoms with Crippen molar-refractivity contribution in [2.45, 2.75) is 13.8 Å². The lowest BCUT2D eigenvalue weighted by atomic mass is 10.2. The third-order valence-electron chi connectivity index (χ3n) is 4.75. The molecule has 162 valence electrons. The standard InChI is InChI=1S/C28H24N4S/c1-3-29-23-8-10-25(11-9-23)31-19-27-16-17-28(33-27)20-32-26-14-12-24(13-15-26)30-18-22-6-4-21(2)5-7-22/h3-20H,1-2H3/b29-3?,30-18?,31-19+,32-20+. The van der Waals surface area contributed by atoms with Crippen molar-refractivity contribution in [3.8, 4) is 0 Å². The fourth-order valence-electron chi connectivity index (χ4n) is 2.98. The highest BCUT2D eigenvalue weighted by Gasteiger charge is 1.97. The van der Waals surface area contributed by atoms with Crippen molar-refractivity contribution in [2.75, 3.05) is 0 Å². The molecule has 5 heteroatoms. The quantitative estimate of drug-likeness (QED) is 0.257. The zero-order valence-corrected chi connectivity index (χ0v) is 19.4. The minimum atomic E-state index is 0.891. The van der Waals surface area contributed by atoms with E-state index in [2.05, 4.69) is 57.2 Å². The molecule has 0 aliphatic rings. The van der Waals surface area contributed by atoms with Gasteiger partial charge in [0.2, 0.25) is 0 Å². The minimum absolute atomic E-state index is 0.891. The van der Waals surface area contributed by atoms with Gasteiger partial charge in [-0.2, -0.15) is 0 Å². The van der Waals surface area contributed by atoms with Crippen LogP contribution in [0.15, 0.2) is 105 Å². The van der Waals surface area contributed by atoms with Crippen LogP contribution in [0.25, 0.3) is 0 Å². The maximum Gasteiger partial charge on any atom is 0.0631 e. The van der Waals surface area contributed by atoms with E-state index in [4.69, 9.17) is 0 Å². The molecule has 0 aliphatic heterocycles. The van der Waals surface area contributed by atoms with Crippen LogP contribution >= 0.6 is 11.3 Å². The summed E-state index contributed by atoms with van der Waals surface area (Å²) in [5.41, 5.74) is 5.95. The van der Waals surface area contributed by atoms with Gasteiger partial charge in [-0.1, -0.05) is 29.8 Å². The first kappa shape index (κ1) is 22.2. The van der Waals surface area contributed by atoms with Gasteiger partial charge < -0.3 is 0 Å². The first-order valence-corrected chi connectivity index (χ1v) is 11.5. The molecule has 4 rings (SSSR count). The smallest absolute Gasteiger partial charge is 0.0631 e. The van der Waals surface area contributed by atoms with Crippen LogP contribution in [0.1, 0.15) is 27.8 Å². The van der Waals surface area contributed by atoms with Crippen LogP contribution in [0.2, 0.25) is 0 Å². The van der Waals surface area contributed by atoms with E-state index in [1.165, 1.54) is 5.56 Å². The van der Waals surface area contributed by atoms with Crippen LogP contribution in [-0.2, 0) is 0 Å². The molecule has 4 nitrogen and oxygen atoms in total. The Hall–Kier alpha value is -3.96. The van der Waals surface area contributed by atoms with Crippen LogP contribution in [0.5, 0.6) is 0 Å². The summed E-state index contributed by atoms with van der Waals surface area (Å²) in [5, 5.41) is 0. The fourth-order valence-corrected chi connectivity index (χ4v) is 3.74. The van der Waals surface area contributed by atoms with Crippen LogP contribution in [0.3, 0.4) is 0 Å². The van der Waals surface area contributed by atoms with E-state index in [9.17, 15) is 0 Å². The summed E-state index contributed by atoms with van der Waals surface area (Å²) in [6.07, 6.45) is 7.41. The third-order valence-corrected chi connectivity index (χ3v) is 5.70. The maximum absolute atomic E-state index is 4.58. The summed E-state index contributed by atoms with van der Waals surface area (Å²) >= 11 is 1.65. The van der Waals surface area contributed by atoms with Crippen molar-refractivity contribution in [2.24, 2.45) is 20.0 Å². The Bertz CT molecular complexity index is 1290. The zero-order valence-electron chi connectivity index (χ0n) is 18.6. The summed E-state index contributed by atoms with van der Waals surface area (Å²) in [6, 6.07) is 28.1. The molecule has 0 saturated heterocycles. The molecule has 4 aromatic rings. The summed E-state index contributed by atoms with van der Waals surface area (Å²) < 4.78 is 0. The van der Waals surface area contributed by atoms with Gasteiger partial charge in [0, 0.05) is 34.6 Å². The number of hydrogen-bond acceptors (Lipinski definition) is 5. The molecule has 0 saturated carbocycles. The van der Waals surface area contributed by atoms with Crippen molar-refractivity contribution in [1.82, 2.24) is 0 Å². The zero-order chi connectivity index (χ0) is 22.9. The Kier molecular flexibility index (Phi) is 7.46. The molecule has 1 aromatic heterocycles. The van der Waals surface area contributed by atoms with Crippen molar-refractivity contribution in [1.29, 1.82) is 0 Å². The van der Waals surface area contributed by atoms with Gasteiger partial charge in [-0.15, -0.1) is 11.3 Å². The number of rotatable bonds is 7. The van der Waals surface area contributed by atoms with E-state index in [0.29, 0.717) is 0 Å². The number of hydrogen-bond donors (Lipinski definition) is 0. The molecule has 0 amide bonds. The summed E-state index contributed by atoms with van der Waals surface area (Å²) in [6.45, 7) is 3.98. The molecule has 3 aromatic carbocycles. The summed E-state index contributed by atoms with van der Waals surface area (Å²) in [7, 11) is 0. The van der Waals surface area contributed by atoms with Gasteiger partial charge in [-0.25, -0.2) is 0 Å². The van der Waals surface area contributed by atoms with Gasteiger partial charge in [0.1, 0.15) is 0 Å². The number of nitrogens with zero attached hydrogens (tertiary/aromatic N) is 4. The SMILES string of the molecule is CC=Nc1ccc(/N=C/c2ccc(/C=N/c3ccc(N=Cc4ccc(C)cc4)cc3)s2)cc1. The Morgan fingerprint density at radius 3 is 1.39 bits per heavy atom. The highest BCUT2D eigenvalue weighted by atomic mass is 32.1. The monoisotopic (exact) mass is 448 g/mol. The van der Waals surface area contributed by atoms with Crippen molar-refractivity contribution in [3.05, 3.63) is 106 Å².